The summed E-state index contributed by atoms with van der Waals surface area (Å²) in [6.45, 7) is 0. The van der Waals surface area contributed by atoms with Gasteiger partial charge in [-0.15, -0.1) is 0 Å². The van der Waals surface area contributed by atoms with E-state index in [0.29, 0.717) is 34.3 Å². The molecule has 0 fully saturated rings. The molecule has 0 atom stereocenters. The van der Waals surface area contributed by atoms with Crippen molar-refractivity contribution in [1.82, 2.24) is 0 Å². The molecule has 2 N–H and O–H groups in total. The molecule has 0 aliphatic heterocycles. The molecular formula is C19H20N2O4. The standard InChI is InChI=1S/C19H20N2O4/c1-22-16-9-12(5-6-15(16)21)14(7-8-20)13-10-17(23-2)19(25-4)18(11-13)24-3/h5-7,9-11H,21H2,1-4H3/b14-7-. The Morgan fingerprint density at radius 3 is 1.92 bits per heavy atom. The Kier molecular flexibility index (Phi) is 5.75. The van der Waals surface area contributed by atoms with Crippen LogP contribution in [0.15, 0.2) is 36.4 Å². The van der Waals surface area contributed by atoms with Crippen LogP contribution in [0.1, 0.15) is 11.1 Å². The Labute approximate surface area is 147 Å². The number of allylic oxidation sites excluding steroid dienone is 1. The quantitative estimate of drug-likeness (QED) is 0.641. The van der Waals surface area contributed by atoms with Crippen molar-refractivity contribution in [3.63, 3.8) is 0 Å². The third-order valence-corrected chi connectivity index (χ3v) is 3.73. The molecule has 2 aromatic carbocycles. The van der Waals surface area contributed by atoms with Gasteiger partial charge in [0, 0.05) is 6.08 Å². The molecule has 25 heavy (non-hydrogen) atoms. The summed E-state index contributed by atoms with van der Waals surface area (Å²) in [6, 6.07) is 11.0. The minimum Gasteiger partial charge on any atom is -0.495 e. The van der Waals surface area contributed by atoms with Crippen molar-refractivity contribution >= 4 is 11.3 Å². The van der Waals surface area contributed by atoms with Gasteiger partial charge >= 0.3 is 0 Å². The topological polar surface area (TPSA) is 86.7 Å². The fourth-order valence-corrected chi connectivity index (χ4v) is 2.51. The van der Waals surface area contributed by atoms with E-state index < -0.39 is 0 Å². The number of nitrogens with zero attached hydrogens (tertiary/aromatic N) is 1. The molecule has 6 nitrogen and oxygen atoms in total. The third-order valence-electron chi connectivity index (χ3n) is 3.73. The summed E-state index contributed by atoms with van der Waals surface area (Å²) in [5, 5.41) is 9.22. The van der Waals surface area contributed by atoms with Crippen molar-refractivity contribution in [2.75, 3.05) is 34.2 Å². The normalized spacial score (nSPS) is 10.8. The van der Waals surface area contributed by atoms with Gasteiger partial charge in [0.2, 0.25) is 5.75 Å². The number of nitrogens with two attached hydrogens (primary N) is 1. The van der Waals surface area contributed by atoms with Gasteiger partial charge in [-0.05, 0) is 41.0 Å². The number of methoxy groups -OCH3 is 4. The summed E-state index contributed by atoms with van der Waals surface area (Å²) in [7, 11) is 6.17. The maximum Gasteiger partial charge on any atom is 0.203 e. The van der Waals surface area contributed by atoms with Crippen molar-refractivity contribution in [3.05, 3.63) is 47.5 Å². The molecule has 2 rings (SSSR count). The van der Waals surface area contributed by atoms with Crippen LogP contribution in [0.2, 0.25) is 0 Å². The fraction of sp³-hybridized carbons (Fsp3) is 0.211. The van der Waals surface area contributed by atoms with Crippen LogP contribution in [-0.2, 0) is 0 Å². The van der Waals surface area contributed by atoms with Crippen molar-refractivity contribution in [2.45, 2.75) is 0 Å². The van der Waals surface area contributed by atoms with E-state index in [1.54, 1.807) is 45.6 Å². The smallest absolute Gasteiger partial charge is 0.203 e. The molecule has 0 heterocycles. The zero-order chi connectivity index (χ0) is 18.4. The van der Waals surface area contributed by atoms with Gasteiger partial charge in [-0.3, -0.25) is 0 Å². The summed E-state index contributed by atoms with van der Waals surface area (Å²) in [6.07, 6.45) is 1.45. The highest BCUT2D eigenvalue weighted by Crippen LogP contribution is 2.41. The van der Waals surface area contributed by atoms with E-state index in [-0.39, 0.29) is 0 Å². The lowest BCUT2D eigenvalue weighted by molar-refractivity contribution is 0.324. The maximum atomic E-state index is 9.22. The molecule has 130 valence electrons. The lowest BCUT2D eigenvalue weighted by atomic mass is 9.96. The second-order valence-corrected chi connectivity index (χ2v) is 5.06. The van der Waals surface area contributed by atoms with Crippen LogP contribution in [0.25, 0.3) is 5.57 Å². The highest BCUT2D eigenvalue weighted by molar-refractivity contribution is 5.84. The lowest BCUT2D eigenvalue weighted by Gasteiger charge is -2.16. The van der Waals surface area contributed by atoms with Crippen LogP contribution in [-0.4, -0.2) is 28.4 Å². The van der Waals surface area contributed by atoms with Crippen molar-refractivity contribution in [2.24, 2.45) is 0 Å². The molecule has 0 aliphatic rings. The maximum absolute atomic E-state index is 9.22. The Hall–Kier alpha value is -3.33. The monoisotopic (exact) mass is 340 g/mol. The molecule has 2 aromatic rings. The molecule has 0 bridgehead atoms. The second-order valence-electron chi connectivity index (χ2n) is 5.06. The largest absolute Gasteiger partial charge is 0.495 e. The number of hydrogen-bond acceptors (Lipinski definition) is 6. The van der Waals surface area contributed by atoms with Gasteiger partial charge in [-0.1, -0.05) is 6.07 Å². The number of anilines is 1. The second kappa shape index (κ2) is 7.97. The van der Waals surface area contributed by atoms with Gasteiger partial charge in [0.25, 0.3) is 0 Å². The van der Waals surface area contributed by atoms with Gasteiger partial charge in [-0.25, -0.2) is 0 Å². The van der Waals surface area contributed by atoms with E-state index in [4.69, 9.17) is 24.7 Å². The lowest BCUT2D eigenvalue weighted by Crippen LogP contribution is -1.98. The molecule has 0 saturated heterocycles. The Bertz CT molecular complexity index is 813. The number of ether oxygens (including phenoxy) is 4. The van der Waals surface area contributed by atoms with Crippen LogP contribution >= 0.6 is 0 Å². The first kappa shape index (κ1) is 18.0. The zero-order valence-electron chi connectivity index (χ0n) is 14.6. The van der Waals surface area contributed by atoms with Crippen LogP contribution in [0.5, 0.6) is 23.0 Å². The van der Waals surface area contributed by atoms with Crippen LogP contribution in [0.3, 0.4) is 0 Å². The first-order valence-corrected chi connectivity index (χ1v) is 7.43. The molecule has 0 amide bonds. The average molecular weight is 340 g/mol. The van der Waals surface area contributed by atoms with Crippen LogP contribution < -0.4 is 24.7 Å². The van der Waals surface area contributed by atoms with E-state index >= 15 is 0 Å². The summed E-state index contributed by atoms with van der Waals surface area (Å²) in [5.41, 5.74) is 8.60. The number of nitrogen functional groups attached to an aromatic ring is 1. The summed E-state index contributed by atoms with van der Waals surface area (Å²) in [4.78, 5) is 0. The number of rotatable bonds is 6. The SMILES string of the molecule is COc1cc(/C(=C/C#N)c2cc(OC)c(OC)c(OC)c2)ccc1N. The van der Waals surface area contributed by atoms with Crippen molar-refractivity contribution < 1.29 is 18.9 Å². The first-order chi connectivity index (χ1) is 12.1. The minimum absolute atomic E-state index is 0.486. The fourth-order valence-electron chi connectivity index (χ4n) is 2.51. The Morgan fingerprint density at radius 2 is 1.44 bits per heavy atom. The Balaban J connectivity index is 2.67. The summed E-state index contributed by atoms with van der Waals surface area (Å²) in [5.74, 6) is 2.03. The molecule has 0 radical (unpaired) electrons. The summed E-state index contributed by atoms with van der Waals surface area (Å²) < 4.78 is 21.4. The average Bonchev–Trinajstić information content (AvgIpc) is 2.65. The summed E-state index contributed by atoms with van der Waals surface area (Å²) >= 11 is 0. The van der Waals surface area contributed by atoms with Gasteiger partial charge in [0.05, 0.1) is 40.2 Å². The zero-order valence-corrected chi connectivity index (χ0v) is 14.6. The molecule has 6 heteroatoms. The number of hydrogen-bond donors (Lipinski definition) is 1. The van der Waals surface area contributed by atoms with E-state index in [0.717, 1.165) is 11.1 Å². The predicted octanol–water partition coefficient (Wildman–Crippen LogP) is 3.26. The number of nitriles is 1. The minimum atomic E-state index is 0.486. The van der Waals surface area contributed by atoms with Gasteiger partial charge in [0.15, 0.2) is 11.5 Å². The van der Waals surface area contributed by atoms with Gasteiger partial charge in [-0.2, -0.15) is 5.26 Å². The van der Waals surface area contributed by atoms with Gasteiger partial charge < -0.3 is 24.7 Å². The van der Waals surface area contributed by atoms with E-state index in [9.17, 15) is 5.26 Å². The van der Waals surface area contributed by atoms with Crippen LogP contribution in [0, 0.1) is 11.3 Å². The molecule has 0 unspecified atom stereocenters. The molecule has 0 spiro atoms. The highest BCUT2D eigenvalue weighted by atomic mass is 16.5. The molecule has 0 aliphatic carbocycles. The Morgan fingerprint density at radius 1 is 0.880 bits per heavy atom. The predicted molar refractivity (Wildman–Crippen MR) is 96.2 cm³/mol. The van der Waals surface area contributed by atoms with Gasteiger partial charge in [0.1, 0.15) is 5.75 Å². The van der Waals surface area contributed by atoms with Crippen molar-refractivity contribution in [3.8, 4) is 29.1 Å². The molecular weight excluding hydrogens is 320 g/mol. The third kappa shape index (κ3) is 3.61. The van der Waals surface area contributed by atoms with E-state index in [1.807, 2.05) is 6.07 Å². The number of benzene rings is 2. The molecule has 0 aromatic heterocycles. The highest BCUT2D eigenvalue weighted by Gasteiger charge is 2.17. The van der Waals surface area contributed by atoms with Crippen LogP contribution in [0.4, 0.5) is 5.69 Å². The van der Waals surface area contributed by atoms with E-state index in [2.05, 4.69) is 6.07 Å². The molecule has 0 saturated carbocycles. The van der Waals surface area contributed by atoms with Crippen molar-refractivity contribution in [1.29, 1.82) is 5.26 Å². The first-order valence-electron chi connectivity index (χ1n) is 7.43. The van der Waals surface area contributed by atoms with E-state index in [1.165, 1.54) is 13.2 Å².